The molecule has 2 aliphatic rings. The van der Waals surface area contributed by atoms with Crippen LogP contribution in [0.25, 0.3) is 6.08 Å². The Kier molecular flexibility index (Phi) is 8.25. The zero-order chi connectivity index (χ0) is 26.4. The van der Waals surface area contributed by atoms with Crippen molar-refractivity contribution in [3.05, 3.63) is 70.9 Å². The molecule has 9 heteroatoms. The van der Waals surface area contributed by atoms with Crippen molar-refractivity contribution in [3.63, 3.8) is 0 Å². The highest BCUT2D eigenvalue weighted by Gasteiger charge is 2.38. The highest BCUT2D eigenvalue weighted by atomic mass is 16.5. The minimum absolute atomic E-state index is 0.0474. The first-order chi connectivity index (χ1) is 17.9. The molecule has 0 bridgehead atoms. The Balaban J connectivity index is 1.43. The van der Waals surface area contributed by atoms with Crippen molar-refractivity contribution in [3.8, 4) is 11.5 Å². The third kappa shape index (κ3) is 6.00. The molecule has 4 rings (SSSR count). The summed E-state index contributed by atoms with van der Waals surface area (Å²) in [7, 11) is 2.83. The van der Waals surface area contributed by atoms with E-state index in [-0.39, 0.29) is 35.7 Å². The van der Waals surface area contributed by atoms with Gasteiger partial charge in [0.05, 0.1) is 43.7 Å². The average molecular weight is 507 g/mol. The zero-order valence-electron chi connectivity index (χ0n) is 21.1. The van der Waals surface area contributed by atoms with Crippen LogP contribution in [-0.2, 0) is 23.9 Å². The summed E-state index contributed by atoms with van der Waals surface area (Å²) in [6.07, 6.45) is 3.44. The highest BCUT2D eigenvalue weighted by Crippen LogP contribution is 2.33. The van der Waals surface area contributed by atoms with E-state index in [0.717, 1.165) is 12.8 Å². The number of allylic oxidation sites excluding steroid dienone is 1. The molecule has 1 saturated heterocycles. The van der Waals surface area contributed by atoms with E-state index in [1.54, 1.807) is 60.4 Å². The maximum Gasteiger partial charge on any atom is 0.340 e. The summed E-state index contributed by atoms with van der Waals surface area (Å²) < 4.78 is 21.5. The molecule has 1 fully saturated rings. The SMILES string of the molecule is COC(=O)C1=C(C)N(C[C@@H]2CCCO2)C(=O)/C1=C\c1ccc(OCC(=O)Nc2ccccc2OC)cc1. The van der Waals surface area contributed by atoms with Crippen LogP contribution >= 0.6 is 0 Å². The van der Waals surface area contributed by atoms with Gasteiger partial charge in [-0.25, -0.2) is 4.79 Å². The van der Waals surface area contributed by atoms with Gasteiger partial charge in [-0.15, -0.1) is 0 Å². The van der Waals surface area contributed by atoms with Crippen molar-refractivity contribution in [1.29, 1.82) is 0 Å². The van der Waals surface area contributed by atoms with E-state index in [2.05, 4.69) is 5.32 Å². The Bertz CT molecular complexity index is 1230. The van der Waals surface area contributed by atoms with Gasteiger partial charge >= 0.3 is 5.97 Å². The lowest BCUT2D eigenvalue weighted by molar-refractivity contribution is -0.136. The monoisotopic (exact) mass is 506 g/mol. The van der Waals surface area contributed by atoms with E-state index in [1.165, 1.54) is 14.2 Å². The standard InChI is InChI=1S/C28H30N2O7/c1-18-26(28(33)35-3)22(27(32)30(18)16-21-7-6-14-36-21)15-19-10-12-20(13-11-19)37-17-25(31)29-23-8-4-5-9-24(23)34-2/h4-5,8-13,15,21H,6-7,14,16-17H2,1-3H3,(H,29,31)/b22-15-/t21-/m0/s1. The smallest absolute Gasteiger partial charge is 0.340 e. The number of ether oxygens (including phenoxy) is 4. The van der Waals surface area contributed by atoms with Gasteiger partial charge in [0.1, 0.15) is 11.5 Å². The summed E-state index contributed by atoms with van der Waals surface area (Å²) >= 11 is 0. The first kappa shape index (κ1) is 26.0. The van der Waals surface area contributed by atoms with Gasteiger partial charge in [-0.05, 0) is 55.7 Å². The zero-order valence-corrected chi connectivity index (χ0v) is 21.1. The Morgan fingerprint density at radius 2 is 1.89 bits per heavy atom. The first-order valence-electron chi connectivity index (χ1n) is 12.0. The third-order valence-corrected chi connectivity index (χ3v) is 6.25. The minimum atomic E-state index is -0.562. The number of carbonyl (C=O) groups is 3. The van der Waals surface area contributed by atoms with Crippen molar-refractivity contribution >= 4 is 29.5 Å². The fourth-order valence-corrected chi connectivity index (χ4v) is 4.35. The van der Waals surface area contributed by atoms with E-state index in [4.69, 9.17) is 18.9 Å². The van der Waals surface area contributed by atoms with Gasteiger partial charge in [-0.2, -0.15) is 0 Å². The fourth-order valence-electron chi connectivity index (χ4n) is 4.35. The molecule has 1 N–H and O–H groups in total. The number of methoxy groups -OCH3 is 2. The van der Waals surface area contributed by atoms with Crippen molar-refractivity contribution in [1.82, 2.24) is 4.90 Å². The van der Waals surface area contributed by atoms with Crippen LogP contribution in [0.3, 0.4) is 0 Å². The maximum absolute atomic E-state index is 13.3. The highest BCUT2D eigenvalue weighted by molar-refractivity contribution is 6.16. The molecule has 2 aromatic carbocycles. The van der Waals surface area contributed by atoms with Crippen LogP contribution in [0.15, 0.2) is 65.4 Å². The van der Waals surface area contributed by atoms with Crippen LogP contribution in [-0.4, -0.2) is 62.8 Å². The number of anilines is 1. The van der Waals surface area contributed by atoms with E-state index >= 15 is 0 Å². The fraction of sp³-hybridized carbons (Fsp3) is 0.321. The lowest BCUT2D eigenvalue weighted by Gasteiger charge is -2.21. The van der Waals surface area contributed by atoms with Gasteiger partial charge in [-0.3, -0.25) is 9.59 Å². The second-order valence-electron chi connectivity index (χ2n) is 8.67. The summed E-state index contributed by atoms with van der Waals surface area (Å²) in [5, 5.41) is 2.75. The molecule has 2 amide bonds. The number of para-hydroxylation sites is 2. The molecule has 0 spiro atoms. The molecule has 0 saturated carbocycles. The maximum atomic E-state index is 13.3. The molecule has 1 atom stereocenters. The number of hydrogen-bond donors (Lipinski definition) is 1. The molecule has 9 nitrogen and oxygen atoms in total. The molecule has 0 unspecified atom stereocenters. The molecule has 2 aromatic rings. The molecular formula is C28H30N2O7. The van der Waals surface area contributed by atoms with Crippen LogP contribution in [0, 0.1) is 0 Å². The van der Waals surface area contributed by atoms with E-state index in [0.29, 0.717) is 41.6 Å². The summed E-state index contributed by atoms with van der Waals surface area (Å²) in [4.78, 5) is 39.7. The number of rotatable bonds is 9. The van der Waals surface area contributed by atoms with Gasteiger partial charge in [0.25, 0.3) is 11.8 Å². The number of carbonyl (C=O) groups excluding carboxylic acids is 3. The molecule has 194 valence electrons. The number of nitrogens with one attached hydrogen (secondary N) is 1. The summed E-state index contributed by atoms with van der Waals surface area (Å²) in [6.45, 7) is 2.63. The Labute approximate surface area is 215 Å². The predicted octanol–water partition coefficient (Wildman–Crippen LogP) is 3.56. The molecule has 2 heterocycles. The van der Waals surface area contributed by atoms with Crippen molar-refractivity contribution in [2.75, 3.05) is 39.3 Å². The second-order valence-corrected chi connectivity index (χ2v) is 8.67. The van der Waals surface area contributed by atoms with Crippen LogP contribution < -0.4 is 14.8 Å². The van der Waals surface area contributed by atoms with Crippen LogP contribution in [0.2, 0.25) is 0 Å². The van der Waals surface area contributed by atoms with Gasteiger partial charge in [-0.1, -0.05) is 24.3 Å². The minimum Gasteiger partial charge on any atom is -0.495 e. The summed E-state index contributed by atoms with van der Waals surface area (Å²) in [5.74, 6) is -0.119. The molecule has 2 aliphatic heterocycles. The number of nitrogens with zero attached hydrogens (tertiary/aromatic N) is 1. The number of hydrogen-bond acceptors (Lipinski definition) is 7. The average Bonchev–Trinajstić information content (AvgIpc) is 3.51. The van der Waals surface area contributed by atoms with Crippen molar-refractivity contribution in [2.24, 2.45) is 0 Å². The number of benzene rings is 2. The molecule has 37 heavy (non-hydrogen) atoms. The quantitative estimate of drug-likeness (QED) is 0.410. The lowest BCUT2D eigenvalue weighted by Crippen LogP contribution is -2.33. The molecule has 0 aromatic heterocycles. The van der Waals surface area contributed by atoms with Crippen molar-refractivity contribution in [2.45, 2.75) is 25.9 Å². The number of esters is 1. The molecular weight excluding hydrogens is 476 g/mol. The van der Waals surface area contributed by atoms with Crippen LogP contribution in [0.4, 0.5) is 5.69 Å². The van der Waals surface area contributed by atoms with Gasteiger partial charge in [0, 0.05) is 12.3 Å². The van der Waals surface area contributed by atoms with Gasteiger partial charge < -0.3 is 29.2 Å². The molecule has 0 aliphatic carbocycles. The van der Waals surface area contributed by atoms with Gasteiger partial charge in [0.2, 0.25) is 0 Å². The summed E-state index contributed by atoms with van der Waals surface area (Å²) in [6, 6.07) is 14.0. The number of amides is 2. The molecule has 0 radical (unpaired) electrons. The third-order valence-electron chi connectivity index (χ3n) is 6.25. The summed E-state index contributed by atoms with van der Waals surface area (Å²) in [5.41, 5.74) is 2.33. The Hall–Kier alpha value is -4.11. The Morgan fingerprint density at radius 1 is 1.14 bits per heavy atom. The second kappa shape index (κ2) is 11.7. The van der Waals surface area contributed by atoms with Crippen LogP contribution in [0.1, 0.15) is 25.3 Å². The van der Waals surface area contributed by atoms with Crippen molar-refractivity contribution < 1.29 is 33.3 Å². The van der Waals surface area contributed by atoms with E-state index in [1.807, 2.05) is 6.07 Å². The normalized spacial score (nSPS) is 18.4. The predicted molar refractivity (Wildman–Crippen MR) is 137 cm³/mol. The Morgan fingerprint density at radius 3 is 2.57 bits per heavy atom. The lowest BCUT2D eigenvalue weighted by atomic mass is 10.0. The first-order valence-corrected chi connectivity index (χ1v) is 12.0. The van der Waals surface area contributed by atoms with E-state index < -0.39 is 5.97 Å². The van der Waals surface area contributed by atoms with E-state index in [9.17, 15) is 14.4 Å². The topological polar surface area (TPSA) is 103 Å². The van der Waals surface area contributed by atoms with Gasteiger partial charge in [0.15, 0.2) is 6.61 Å². The van der Waals surface area contributed by atoms with Crippen LogP contribution in [0.5, 0.6) is 11.5 Å². The largest absolute Gasteiger partial charge is 0.495 e.